The smallest absolute Gasteiger partial charge is 0.232 e. The Bertz CT molecular complexity index is 880. The minimum absolute atomic E-state index is 0.178. The van der Waals surface area contributed by atoms with Gasteiger partial charge in [-0.2, -0.15) is 10.2 Å². The van der Waals surface area contributed by atoms with E-state index in [9.17, 15) is 4.39 Å². The van der Waals surface area contributed by atoms with Crippen LogP contribution in [0.15, 0.2) is 53.2 Å². The summed E-state index contributed by atoms with van der Waals surface area (Å²) in [4.78, 5) is 8.13. The number of hydrogen-bond acceptors (Lipinski definition) is 5. The van der Waals surface area contributed by atoms with Gasteiger partial charge in [0.2, 0.25) is 17.5 Å². The molecular weight excluding hydrogens is 307 g/mol. The third kappa shape index (κ3) is 3.84. The molecule has 3 aromatic rings. The number of pyridine rings is 1. The summed E-state index contributed by atoms with van der Waals surface area (Å²) in [7, 11) is 0. The Kier molecular flexibility index (Phi) is 4.63. The van der Waals surface area contributed by atoms with Gasteiger partial charge in [-0.15, -0.1) is 0 Å². The molecule has 0 atom stereocenters. The van der Waals surface area contributed by atoms with Gasteiger partial charge in [0.05, 0.1) is 0 Å². The first-order chi connectivity index (χ1) is 11.7. The first kappa shape index (κ1) is 15.4. The molecule has 118 valence electrons. The number of nitrogens with zero attached hydrogens (tertiary/aromatic N) is 3. The molecule has 0 unspecified atom stereocenters. The molecule has 1 aromatic carbocycles. The van der Waals surface area contributed by atoms with Crippen LogP contribution >= 0.6 is 0 Å². The van der Waals surface area contributed by atoms with Crippen molar-refractivity contribution >= 4 is 18.0 Å². The summed E-state index contributed by atoms with van der Waals surface area (Å²) in [6.45, 7) is 0.471. The average molecular weight is 320 g/mol. The second kappa shape index (κ2) is 7.20. The summed E-state index contributed by atoms with van der Waals surface area (Å²) < 4.78 is 18.4. The number of nitrogens with one attached hydrogen (secondary N) is 1. The Labute approximate surface area is 138 Å². The molecule has 0 bridgehead atoms. The fourth-order valence-corrected chi connectivity index (χ4v) is 2.03. The number of oxazole rings is 1. The van der Waals surface area contributed by atoms with E-state index in [4.69, 9.17) is 9.68 Å². The monoisotopic (exact) mass is 320 g/mol. The molecule has 0 aliphatic heterocycles. The summed E-state index contributed by atoms with van der Waals surface area (Å²) in [6.07, 6.45) is 6.78. The van der Waals surface area contributed by atoms with Gasteiger partial charge in [-0.1, -0.05) is 18.2 Å². The van der Waals surface area contributed by atoms with Gasteiger partial charge in [0.1, 0.15) is 11.9 Å². The maximum absolute atomic E-state index is 12.9. The standard InChI is InChI=1S/C18H13FN4O/c19-15-6-3-13(4-7-15)5-8-17-23-16(10-20)18(24-17)22-12-14-2-1-9-21-11-14/h1-9,11,22H,12H2. The molecule has 0 radical (unpaired) electrons. The fourth-order valence-electron chi connectivity index (χ4n) is 2.03. The van der Waals surface area contributed by atoms with Crippen LogP contribution in [0, 0.1) is 17.1 Å². The molecule has 24 heavy (non-hydrogen) atoms. The first-order valence-electron chi connectivity index (χ1n) is 7.22. The lowest BCUT2D eigenvalue weighted by molar-refractivity contribution is 0.557. The highest BCUT2D eigenvalue weighted by Crippen LogP contribution is 2.19. The van der Waals surface area contributed by atoms with E-state index in [2.05, 4.69) is 15.3 Å². The maximum Gasteiger partial charge on any atom is 0.232 e. The Morgan fingerprint density at radius 1 is 1.21 bits per heavy atom. The zero-order valence-electron chi connectivity index (χ0n) is 12.6. The number of aromatic nitrogens is 2. The van der Waals surface area contributed by atoms with Gasteiger partial charge in [0.25, 0.3) is 0 Å². The molecule has 6 heteroatoms. The molecule has 0 aliphatic carbocycles. The third-order valence-corrected chi connectivity index (χ3v) is 3.21. The molecule has 0 saturated heterocycles. The second-order valence-electron chi connectivity index (χ2n) is 4.94. The predicted molar refractivity (Wildman–Crippen MR) is 88.1 cm³/mol. The summed E-state index contributed by atoms with van der Waals surface area (Å²) >= 11 is 0. The molecule has 0 spiro atoms. The Morgan fingerprint density at radius 3 is 2.75 bits per heavy atom. The molecule has 0 amide bonds. The molecule has 2 aromatic heterocycles. The van der Waals surface area contributed by atoms with Gasteiger partial charge in [-0.25, -0.2) is 4.39 Å². The minimum atomic E-state index is -0.295. The van der Waals surface area contributed by atoms with Crippen molar-refractivity contribution in [3.63, 3.8) is 0 Å². The van der Waals surface area contributed by atoms with E-state index >= 15 is 0 Å². The quantitative estimate of drug-likeness (QED) is 0.772. The molecule has 2 heterocycles. The van der Waals surface area contributed by atoms with Gasteiger partial charge in [-0.05, 0) is 35.4 Å². The van der Waals surface area contributed by atoms with Crippen molar-refractivity contribution in [2.24, 2.45) is 0 Å². The van der Waals surface area contributed by atoms with Crippen molar-refractivity contribution in [2.45, 2.75) is 6.54 Å². The summed E-state index contributed by atoms with van der Waals surface area (Å²) in [5, 5.41) is 12.2. The Hall–Kier alpha value is -3.46. The zero-order chi connectivity index (χ0) is 16.8. The summed E-state index contributed by atoms with van der Waals surface area (Å²) in [5.74, 6) is 0.307. The van der Waals surface area contributed by atoms with Crippen LogP contribution in [0.3, 0.4) is 0 Å². The van der Waals surface area contributed by atoms with Gasteiger partial charge in [0.15, 0.2) is 0 Å². The highest BCUT2D eigenvalue weighted by Gasteiger charge is 2.11. The minimum Gasteiger partial charge on any atom is -0.420 e. The summed E-state index contributed by atoms with van der Waals surface area (Å²) in [6, 6.07) is 11.8. The number of benzene rings is 1. The topological polar surface area (TPSA) is 74.7 Å². The molecule has 1 N–H and O–H groups in total. The van der Waals surface area contributed by atoms with Gasteiger partial charge >= 0.3 is 0 Å². The van der Waals surface area contributed by atoms with E-state index in [1.165, 1.54) is 12.1 Å². The lowest BCUT2D eigenvalue weighted by atomic mass is 10.2. The van der Waals surface area contributed by atoms with Gasteiger partial charge in [0, 0.05) is 25.0 Å². The molecule has 0 fully saturated rings. The zero-order valence-corrected chi connectivity index (χ0v) is 12.6. The van der Waals surface area contributed by atoms with Crippen molar-refractivity contribution in [1.82, 2.24) is 9.97 Å². The van der Waals surface area contributed by atoms with Crippen LogP contribution in [0.5, 0.6) is 0 Å². The second-order valence-corrected chi connectivity index (χ2v) is 4.94. The van der Waals surface area contributed by atoms with Gasteiger partial charge in [-0.3, -0.25) is 4.98 Å². The number of anilines is 1. The average Bonchev–Trinajstić information content (AvgIpc) is 3.03. The van der Waals surface area contributed by atoms with Crippen LogP contribution in [0.2, 0.25) is 0 Å². The van der Waals surface area contributed by atoms with E-state index in [-0.39, 0.29) is 11.5 Å². The van der Waals surface area contributed by atoms with Crippen molar-refractivity contribution < 1.29 is 8.81 Å². The number of hydrogen-bond donors (Lipinski definition) is 1. The number of nitriles is 1. The normalized spacial score (nSPS) is 10.7. The predicted octanol–water partition coefficient (Wildman–Crippen LogP) is 3.86. The largest absolute Gasteiger partial charge is 0.420 e. The van der Waals surface area contributed by atoms with Crippen molar-refractivity contribution in [3.05, 3.63) is 77.3 Å². The maximum atomic E-state index is 12.9. The van der Waals surface area contributed by atoms with Crippen LogP contribution in [0.4, 0.5) is 10.3 Å². The van der Waals surface area contributed by atoms with E-state index in [1.54, 1.807) is 36.7 Å². The molecule has 3 rings (SSSR count). The van der Waals surface area contributed by atoms with Crippen molar-refractivity contribution in [2.75, 3.05) is 5.32 Å². The van der Waals surface area contributed by atoms with E-state index in [1.807, 2.05) is 18.2 Å². The fraction of sp³-hybridized carbons (Fsp3) is 0.0556. The van der Waals surface area contributed by atoms with Crippen molar-refractivity contribution in [1.29, 1.82) is 5.26 Å². The first-order valence-corrected chi connectivity index (χ1v) is 7.22. The SMILES string of the molecule is N#Cc1nc(C=Cc2ccc(F)cc2)oc1NCc1cccnc1. The van der Waals surface area contributed by atoms with Crippen LogP contribution in [0.25, 0.3) is 12.2 Å². The van der Waals surface area contributed by atoms with Crippen LogP contribution in [0.1, 0.15) is 22.7 Å². The Morgan fingerprint density at radius 2 is 2.04 bits per heavy atom. The molecule has 0 saturated carbocycles. The van der Waals surface area contributed by atoms with E-state index < -0.39 is 0 Å². The lowest BCUT2D eigenvalue weighted by Crippen LogP contribution is -1.99. The van der Waals surface area contributed by atoms with Gasteiger partial charge < -0.3 is 9.73 Å². The van der Waals surface area contributed by atoms with Crippen molar-refractivity contribution in [3.8, 4) is 6.07 Å². The Balaban J connectivity index is 1.72. The number of halogens is 1. The van der Waals surface area contributed by atoms with Crippen LogP contribution < -0.4 is 5.32 Å². The van der Waals surface area contributed by atoms with Crippen LogP contribution in [-0.2, 0) is 6.54 Å². The van der Waals surface area contributed by atoms with Crippen LogP contribution in [-0.4, -0.2) is 9.97 Å². The molecular formula is C18H13FN4O. The third-order valence-electron chi connectivity index (χ3n) is 3.21. The van der Waals surface area contributed by atoms with E-state index in [0.29, 0.717) is 18.3 Å². The highest BCUT2D eigenvalue weighted by atomic mass is 19.1. The van der Waals surface area contributed by atoms with E-state index in [0.717, 1.165) is 11.1 Å². The summed E-state index contributed by atoms with van der Waals surface area (Å²) in [5.41, 5.74) is 1.94. The molecule has 0 aliphatic rings. The number of rotatable bonds is 5. The lowest BCUT2D eigenvalue weighted by Gasteiger charge is -2.01. The highest BCUT2D eigenvalue weighted by molar-refractivity contribution is 5.67. The molecule has 5 nitrogen and oxygen atoms in total.